The van der Waals surface area contributed by atoms with E-state index in [9.17, 15) is 24.3 Å². The first-order valence-electron chi connectivity index (χ1n) is 17.8. The van der Waals surface area contributed by atoms with Crippen LogP contribution >= 0.6 is 0 Å². The molecule has 48 heavy (non-hydrogen) atoms. The zero-order valence-electron chi connectivity index (χ0n) is 29.5. The Bertz CT molecular complexity index is 1750. The molecule has 0 bridgehead atoms. The number of rotatable bonds is 5. The van der Waals surface area contributed by atoms with Crippen LogP contribution in [0.4, 0.5) is 0 Å². The first-order chi connectivity index (χ1) is 22.4. The van der Waals surface area contributed by atoms with Crippen LogP contribution in [0.5, 0.6) is 0 Å². The third kappa shape index (κ3) is 4.33. The molecule has 9 heteroatoms. The van der Waals surface area contributed by atoms with Crippen LogP contribution in [-0.2, 0) is 25.7 Å². The number of carboxylic acid groups (broad SMARTS) is 1. The van der Waals surface area contributed by atoms with Crippen LogP contribution in [0.2, 0.25) is 0 Å². The molecule has 9 nitrogen and oxygen atoms in total. The summed E-state index contributed by atoms with van der Waals surface area (Å²) in [7, 11) is 0. The number of aromatic nitrogens is 1. The van der Waals surface area contributed by atoms with Gasteiger partial charge in [-0.3, -0.25) is 14.4 Å². The number of ketones is 1. The standard InChI is InChI=1S/C39H51NO8/c1-23-27(48-33(45)47-23)22-46-32(44)39(7)28-10-13-38(6)30(36(28,4)12-11-29(39)40-18-8-9-19-40)26(41)20-24-25-21-35(3,31(42)43)15-14-34(25,2)16-17-37(24,38)5/h8-9,18-20,25,28-30H,10-17,21-22H2,1-7H3,(H,42,43)/t25-,28+,29-,30+,34+,35-,36-,37+,38+,39-/m0/s1. The second-order valence-electron chi connectivity index (χ2n) is 17.5. The van der Waals surface area contributed by atoms with Gasteiger partial charge < -0.3 is 23.2 Å². The fraction of sp³-hybridized carbons (Fsp3) is 0.692. The number of allylic oxidation sites excluding steroid dienone is 2. The molecule has 0 saturated heterocycles. The lowest BCUT2D eigenvalue weighted by Gasteiger charge is -2.70. The van der Waals surface area contributed by atoms with Gasteiger partial charge in [-0.15, -0.1) is 0 Å². The number of hydrogen-bond acceptors (Lipinski definition) is 7. The molecule has 10 atom stereocenters. The summed E-state index contributed by atoms with van der Waals surface area (Å²) in [6, 6.07) is 3.76. The number of ether oxygens (including phenoxy) is 1. The van der Waals surface area contributed by atoms with E-state index in [0.717, 1.165) is 38.5 Å². The van der Waals surface area contributed by atoms with E-state index in [0.29, 0.717) is 19.3 Å². The summed E-state index contributed by atoms with van der Waals surface area (Å²) < 4.78 is 18.3. The van der Waals surface area contributed by atoms with Gasteiger partial charge in [-0.05, 0) is 130 Å². The van der Waals surface area contributed by atoms with Gasteiger partial charge in [-0.2, -0.15) is 0 Å². The lowest BCUT2D eigenvalue weighted by atomic mass is 9.33. The van der Waals surface area contributed by atoms with Crippen LogP contribution in [0.25, 0.3) is 0 Å². The van der Waals surface area contributed by atoms with Crippen LogP contribution in [0, 0.1) is 57.2 Å². The van der Waals surface area contributed by atoms with Gasteiger partial charge in [0.05, 0.1) is 10.8 Å². The molecular formula is C39H51NO8. The molecule has 2 aromatic heterocycles. The van der Waals surface area contributed by atoms with Crippen LogP contribution in [0.15, 0.2) is 49.8 Å². The average molecular weight is 662 g/mol. The number of aryl methyl sites for hydroxylation is 1. The predicted octanol–water partition coefficient (Wildman–Crippen LogP) is 7.67. The monoisotopic (exact) mass is 661 g/mol. The summed E-state index contributed by atoms with van der Waals surface area (Å²) in [6.07, 6.45) is 13.1. The zero-order chi connectivity index (χ0) is 34.7. The Hall–Kier alpha value is -3.36. The number of aliphatic carboxylic acids is 1. The van der Waals surface area contributed by atoms with Gasteiger partial charge >= 0.3 is 17.8 Å². The van der Waals surface area contributed by atoms with Gasteiger partial charge in [0.25, 0.3) is 0 Å². The normalized spacial score (nSPS) is 43.6. The molecule has 5 aliphatic carbocycles. The SMILES string of the molecule is Cc1oc(=O)oc1COC(=O)[C@]1(C)[C@@H](n2cccc2)CC[C@@]2(C)[C@H]1CC[C@]1(C)[C@@H]2C(=O)C=C2[C@@H]3C[C@@](C)(C(=O)O)CC[C@]3(C)CC[C@]21C. The molecule has 260 valence electrons. The van der Waals surface area contributed by atoms with Gasteiger partial charge in [-0.25, -0.2) is 4.79 Å². The largest absolute Gasteiger partial charge is 0.519 e. The average Bonchev–Trinajstić information content (AvgIpc) is 3.66. The highest BCUT2D eigenvalue weighted by atomic mass is 16.6. The van der Waals surface area contributed by atoms with Crippen molar-refractivity contribution >= 4 is 17.7 Å². The molecule has 2 aromatic rings. The Labute approximate surface area is 282 Å². The Morgan fingerprint density at radius 3 is 2.27 bits per heavy atom. The fourth-order valence-electron chi connectivity index (χ4n) is 12.1. The van der Waals surface area contributed by atoms with Crippen molar-refractivity contribution in [2.24, 2.45) is 50.2 Å². The molecule has 0 aromatic carbocycles. The predicted molar refractivity (Wildman–Crippen MR) is 177 cm³/mol. The van der Waals surface area contributed by atoms with Crippen molar-refractivity contribution in [3.8, 4) is 0 Å². The maximum atomic E-state index is 14.8. The summed E-state index contributed by atoms with van der Waals surface area (Å²) in [5.41, 5.74) is -1.69. The van der Waals surface area contributed by atoms with E-state index in [2.05, 4.69) is 32.3 Å². The highest BCUT2D eigenvalue weighted by Gasteiger charge is 2.72. The summed E-state index contributed by atoms with van der Waals surface area (Å²) >= 11 is 0. The van der Waals surface area contributed by atoms with Crippen LogP contribution in [0.3, 0.4) is 0 Å². The Balaban J connectivity index is 1.29. The van der Waals surface area contributed by atoms with E-state index in [1.165, 1.54) is 5.57 Å². The molecule has 2 heterocycles. The van der Waals surface area contributed by atoms with Crippen molar-refractivity contribution in [1.82, 2.24) is 4.57 Å². The molecule has 1 N–H and O–H groups in total. The van der Waals surface area contributed by atoms with Gasteiger partial charge in [0.15, 0.2) is 23.9 Å². The van der Waals surface area contributed by atoms with Crippen molar-refractivity contribution in [2.75, 3.05) is 0 Å². The molecule has 0 unspecified atom stereocenters. The van der Waals surface area contributed by atoms with Crippen LogP contribution in [0.1, 0.15) is 117 Å². The number of esters is 1. The molecule has 4 fully saturated rings. The van der Waals surface area contributed by atoms with E-state index in [1.54, 1.807) is 6.92 Å². The smallest absolute Gasteiger partial charge is 0.481 e. The number of hydrogen-bond donors (Lipinski definition) is 1. The molecule has 0 aliphatic heterocycles. The third-order valence-electron chi connectivity index (χ3n) is 15.3. The van der Waals surface area contributed by atoms with Crippen molar-refractivity contribution < 1.29 is 33.1 Å². The summed E-state index contributed by atoms with van der Waals surface area (Å²) in [4.78, 5) is 53.5. The highest BCUT2D eigenvalue weighted by molar-refractivity contribution is 5.96. The second kappa shape index (κ2) is 10.6. The highest BCUT2D eigenvalue weighted by Crippen LogP contribution is 2.76. The van der Waals surface area contributed by atoms with Gasteiger partial charge in [0, 0.05) is 24.4 Å². The Morgan fingerprint density at radius 2 is 1.62 bits per heavy atom. The second-order valence-corrected chi connectivity index (χ2v) is 17.5. The maximum Gasteiger partial charge on any atom is 0.519 e. The number of carbonyl (C=O) groups is 3. The zero-order valence-corrected chi connectivity index (χ0v) is 29.5. The lowest BCUT2D eigenvalue weighted by Crippen LogP contribution is -2.67. The number of carboxylic acids is 1. The number of carbonyl (C=O) groups excluding carboxylic acids is 2. The summed E-state index contributed by atoms with van der Waals surface area (Å²) in [5.74, 6) is -1.69. The minimum Gasteiger partial charge on any atom is -0.481 e. The van der Waals surface area contributed by atoms with E-state index >= 15 is 0 Å². The van der Waals surface area contributed by atoms with Crippen molar-refractivity contribution in [3.63, 3.8) is 0 Å². The lowest BCUT2D eigenvalue weighted by molar-refractivity contribution is -0.208. The minimum absolute atomic E-state index is 0.0193. The molecule has 0 amide bonds. The first kappa shape index (κ1) is 33.2. The van der Waals surface area contributed by atoms with Crippen LogP contribution < -0.4 is 5.82 Å². The third-order valence-corrected chi connectivity index (χ3v) is 15.3. The summed E-state index contributed by atoms with van der Waals surface area (Å²) in [6.45, 7) is 14.5. The summed E-state index contributed by atoms with van der Waals surface area (Å²) in [5, 5.41) is 10.2. The van der Waals surface area contributed by atoms with Gasteiger partial charge in [0.1, 0.15) is 0 Å². The molecule has 7 rings (SSSR count). The number of nitrogens with zero attached hydrogens (tertiary/aromatic N) is 1. The van der Waals surface area contributed by atoms with Crippen LogP contribution in [-0.4, -0.2) is 27.4 Å². The quantitative estimate of drug-likeness (QED) is 0.323. The van der Waals surface area contributed by atoms with E-state index in [-0.39, 0.29) is 69.9 Å². The molecule has 4 saturated carbocycles. The van der Waals surface area contributed by atoms with E-state index in [1.807, 2.05) is 44.4 Å². The molecule has 5 aliphatic rings. The fourth-order valence-corrected chi connectivity index (χ4v) is 12.1. The Kier molecular flexibility index (Phi) is 7.30. The topological polar surface area (TPSA) is 129 Å². The van der Waals surface area contributed by atoms with Crippen molar-refractivity contribution in [3.05, 3.63) is 58.3 Å². The van der Waals surface area contributed by atoms with Crippen molar-refractivity contribution in [2.45, 2.75) is 119 Å². The number of fused-ring (bicyclic) bond motifs is 7. The van der Waals surface area contributed by atoms with Gasteiger partial charge in [0.2, 0.25) is 0 Å². The maximum absolute atomic E-state index is 14.8. The minimum atomic E-state index is -0.964. The molecule has 0 spiro atoms. The first-order valence-corrected chi connectivity index (χ1v) is 17.8. The molecular weight excluding hydrogens is 610 g/mol. The van der Waals surface area contributed by atoms with E-state index in [4.69, 9.17) is 13.6 Å². The Morgan fingerprint density at radius 1 is 0.938 bits per heavy atom. The van der Waals surface area contributed by atoms with E-state index < -0.39 is 28.0 Å². The van der Waals surface area contributed by atoms with Gasteiger partial charge in [-0.1, -0.05) is 33.3 Å². The molecule has 0 radical (unpaired) electrons. The van der Waals surface area contributed by atoms with Crippen molar-refractivity contribution in [1.29, 1.82) is 0 Å².